The van der Waals surface area contributed by atoms with E-state index < -0.39 is 12.2 Å². The van der Waals surface area contributed by atoms with E-state index in [0.29, 0.717) is 30.9 Å². The lowest BCUT2D eigenvalue weighted by atomic mass is 10.1. The van der Waals surface area contributed by atoms with Crippen molar-refractivity contribution < 1.29 is 14.2 Å². The molecule has 0 saturated carbocycles. The number of hydrogen-bond donors (Lipinski definition) is 3. The first-order chi connectivity index (χ1) is 8.18. The largest absolute Gasteiger partial charge is 0.351 e. The molecule has 17 heavy (non-hydrogen) atoms. The van der Waals surface area contributed by atoms with Gasteiger partial charge >= 0.3 is 0 Å². The standard InChI is InChI=1S/C11H14ClFN2O2/c12-8-2-3-9-7(10(8)13)6-14-4-1-5-17-11(16)15-9/h2-3,11,14-16H,1,4-6H2. The minimum Gasteiger partial charge on any atom is -0.351 e. The van der Waals surface area contributed by atoms with E-state index in [9.17, 15) is 9.50 Å². The first kappa shape index (κ1) is 12.6. The number of benzene rings is 1. The molecule has 1 heterocycles. The van der Waals surface area contributed by atoms with Crippen molar-refractivity contribution in [1.82, 2.24) is 5.32 Å². The second kappa shape index (κ2) is 5.64. The molecule has 1 aromatic rings. The van der Waals surface area contributed by atoms with Gasteiger partial charge in [0.1, 0.15) is 5.82 Å². The summed E-state index contributed by atoms with van der Waals surface area (Å²) in [6.45, 7) is 1.49. The highest BCUT2D eigenvalue weighted by Gasteiger charge is 2.15. The van der Waals surface area contributed by atoms with Gasteiger partial charge in [0.25, 0.3) is 0 Å². The predicted octanol–water partition coefficient (Wildman–Crippen LogP) is 1.68. The van der Waals surface area contributed by atoms with Gasteiger partial charge < -0.3 is 20.5 Å². The quantitative estimate of drug-likeness (QED) is 0.664. The zero-order valence-corrected chi connectivity index (χ0v) is 9.93. The average Bonchev–Trinajstić information content (AvgIpc) is 2.31. The summed E-state index contributed by atoms with van der Waals surface area (Å²) in [6.07, 6.45) is -0.386. The number of nitrogens with one attached hydrogen (secondary N) is 2. The van der Waals surface area contributed by atoms with E-state index in [0.717, 1.165) is 6.42 Å². The van der Waals surface area contributed by atoms with Crippen LogP contribution in [0.15, 0.2) is 12.1 Å². The molecular weight excluding hydrogens is 247 g/mol. The maximum Gasteiger partial charge on any atom is 0.235 e. The van der Waals surface area contributed by atoms with Crippen LogP contribution in [0.1, 0.15) is 12.0 Å². The lowest BCUT2D eigenvalue weighted by Crippen LogP contribution is -2.28. The molecule has 0 aliphatic carbocycles. The highest BCUT2D eigenvalue weighted by atomic mass is 35.5. The molecule has 3 N–H and O–H groups in total. The summed E-state index contributed by atoms with van der Waals surface area (Å²) in [5.41, 5.74) is 0.885. The molecule has 1 unspecified atom stereocenters. The maximum atomic E-state index is 13.8. The molecule has 0 saturated heterocycles. The number of aliphatic hydroxyl groups excluding tert-OH is 1. The Morgan fingerprint density at radius 2 is 2.29 bits per heavy atom. The number of hydrogen-bond acceptors (Lipinski definition) is 4. The third-order valence-electron chi connectivity index (χ3n) is 2.55. The van der Waals surface area contributed by atoms with E-state index in [2.05, 4.69) is 10.6 Å². The van der Waals surface area contributed by atoms with Crippen molar-refractivity contribution in [3.8, 4) is 0 Å². The van der Waals surface area contributed by atoms with Gasteiger partial charge in [0.05, 0.1) is 11.6 Å². The van der Waals surface area contributed by atoms with Crippen LogP contribution in [0, 0.1) is 5.82 Å². The number of aliphatic hydroxyl groups is 1. The highest BCUT2D eigenvalue weighted by molar-refractivity contribution is 6.30. The van der Waals surface area contributed by atoms with E-state index in [4.69, 9.17) is 16.3 Å². The second-order valence-corrected chi connectivity index (χ2v) is 4.19. The number of rotatable bonds is 0. The fraction of sp³-hybridized carbons (Fsp3) is 0.455. The number of ether oxygens (including phenoxy) is 1. The van der Waals surface area contributed by atoms with Crippen molar-refractivity contribution in [3.63, 3.8) is 0 Å². The maximum absolute atomic E-state index is 13.8. The second-order valence-electron chi connectivity index (χ2n) is 3.79. The summed E-state index contributed by atoms with van der Waals surface area (Å²) >= 11 is 5.72. The predicted molar refractivity (Wildman–Crippen MR) is 63.3 cm³/mol. The normalized spacial score (nSPS) is 21.5. The molecule has 1 aliphatic heterocycles. The van der Waals surface area contributed by atoms with Crippen LogP contribution < -0.4 is 10.6 Å². The Morgan fingerprint density at radius 3 is 3.12 bits per heavy atom. The molecule has 0 radical (unpaired) electrons. The average molecular weight is 261 g/mol. The van der Waals surface area contributed by atoms with Gasteiger partial charge in [0, 0.05) is 17.8 Å². The third kappa shape index (κ3) is 3.07. The van der Waals surface area contributed by atoms with Crippen molar-refractivity contribution >= 4 is 17.3 Å². The molecule has 0 amide bonds. The van der Waals surface area contributed by atoms with Gasteiger partial charge in [-0.2, -0.15) is 0 Å². The van der Waals surface area contributed by atoms with Crippen LogP contribution in [0.25, 0.3) is 0 Å². The monoisotopic (exact) mass is 260 g/mol. The molecule has 0 aromatic heterocycles. The van der Waals surface area contributed by atoms with E-state index >= 15 is 0 Å². The number of anilines is 1. The van der Waals surface area contributed by atoms with Crippen molar-refractivity contribution in [2.45, 2.75) is 19.4 Å². The topological polar surface area (TPSA) is 53.5 Å². The summed E-state index contributed by atoms with van der Waals surface area (Å²) in [5.74, 6) is -0.475. The third-order valence-corrected chi connectivity index (χ3v) is 2.84. The van der Waals surface area contributed by atoms with Gasteiger partial charge in [-0.1, -0.05) is 11.6 Å². The van der Waals surface area contributed by atoms with E-state index in [1.165, 1.54) is 6.07 Å². The van der Waals surface area contributed by atoms with E-state index in [-0.39, 0.29) is 5.02 Å². The van der Waals surface area contributed by atoms with E-state index in [1.54, 1.807) is 6.07 Å². The van der Waals surface area contributed by atoms with Gasteiger partial charge in [-0.3, -0.25) is 0 Å². The molecular formula is C11H14ClFN2O2. The van der Waals surface area contributed by atoms with Crippen LogP contribution in [0.5, 0.6) is 0 Å². The summed E-state index contributed by atoms with van der Waals surface area (Å²) in [6, 6.07) is 3.07. The lowest BCUT2D eigenvalue weighted by Gasteiger charge is -2.20. The zero-order chi connectivity index (χ0) is 12.3. The molecule has 1 aromatic carbocycles. The Hall–Kier alpha value is -0.880. The lowest BCUT2D eigenvalue weighted by molar-refractivity contribution is -0.0788. The molecule has 0 bridgehead atoms. The minimum absolute atomic E-state index is 0.0693. The first-order valence-electron chi connectivity index (χ1n) is 5.42. The van der Waals surface area contributed by atoms with Crippen LogP contribution in [0.2, 0.25) is 5.02 Å². The van der Waals surface area contributed by atoms with E-state index in [1.807, 2.05) is 0 Å². The minimum atomic E-state index is -1.13. The SMILES string of the molecule is OC1Nc2ccc(Cl)c(F)c2CNCCCO1. The van der Waals surface area contributed by atoms with Crippen LogP contribution >= 0.6 is 11.6 Å². The summed E-state index contributed by atoms with van der Waals surface area (Å²) in [7, 11) is 0. The van der Waals surface area contributed by atoms with Gasteiger partial charge in [0.15, 0.2) is 0 Å². The molecule has 4 nitrogen and oxygen atoms in total. The van der Waals surface area contributed by atoms with Gasteiger partial charge in [-0.15, -0.1) is 0 Å². The Bertz CT molecular complexity index is 403. The van der Waals surface area contributed by atoms with Crippen molar-refractivity contribution in [3.05, 3.63) is 28.5 Å². The molecule has 0 fully saturated rings. The zero-order valence-electron chi connectivity index (χ0n) is 9.17. The van der Waals surface area contributed by atoms with Crippen molar-refractivity contribution in [2.24, 2.45) is 0 Å². The smallest absolute Gasteiger partial charge is 0.235 e. The van der Waals surface area contributed by atoms with Crippen LogP contribution in [-0.4, -0.2) is 24.7 Å². The van der Waals surface area contributed by atoms with Gasteiger partial charge in [0.2, 0.25) is 6.41 Å². The first-order valence-corrected chi connectivity index (χ1v) is 5.80. The van der Waals surface area contributed by atoms with Crippen LogP contribution in [-0.2, 0) is 11.3 Å². The Morgan fingerprint density at radius 1 is 1.47 bits per heavy atom. The Labute approximate surface area is 104 Å². The Balaban J connectivity index is 2.30. The fourth-order valence-corrected chi connectivity index (χ4v) is 1.86. The van der Waals surface area contributed by atoms with Gasteiger partial charge in [-0.25, -0.2) is 4.39 Å². The summed E-state index contributed by atoms with van der Waals surface area (Å²) in [4.78, 5) is 0. The van der Waals surface area contributed by atoms with Gasteiger partial charge in [-0.05, 0) is 25.1 Å². The highest BCUT2D eigenvalue weighted by Crippen LogP contribution is 2.26. The summed E-state index contributed by atoms with van der Waals surface area (Å²) in [5, 5.41) is 15.4. The molecule has 6 heteroatoms. The molecule has 0 spiro atoms. The number of fused-ring (bicyclic) bond motifs is 1. The number of halogens is 2. The molecule has 2 rings (SSSR count). The summed E-state index contributed by atoms with van der Waals surface area (Å²) < 4.78 is 18.9. The van der Waals surface area contributed by atoms with Crippen LogP contribution in [0.3, 0.4) is 0 Å². The van der Waals surface area contributed by atoms with Crippen LogP contribution in [0.4, 0.5) is 10.1 Å². The molecule has 1 atom stereocenters. The van der Waals surface area contributed by atoms with Crippen molar-refractivity contribution in [2.75, 3.05) is 18.5 Å². The van der Waals surface area contributed by atoms with Crippen molar-refractivity contribution in [1.29, 1.82) is 0 Å². The molecule has 94 valence electrons. The molecule has 1 aliphatic rings. The Kier molecular flexibility index (Phi) is 4.17. The fourth-order valence-electron chi connectivity index (χ4n) is 1.68.